The number of ketones is 1. The minimum atomic E-state index is -2.84. The van der Waals surface area contributed by atoms with Gasteiger partial charge in [0.15, 0.2) is 0 Å². The van der Waals surface area contributed by atoms with Gasteiger partial charge in [0.25, 0.3) is 0 Å². The third-order valence-electron chi connectivity index (χ3n) is 13.5. The second kappa shape index (κ2) is 53.3. The van der Waals surface area contributed by atoms with Crippen molar-refractivity contribution in [3.8, 4) is 0 Å². The van der Waals surface area contributed by atoms with Gasteiger partial charge in [-0.2, -0.15) is 0 Å². The normalized spacial score (nSPS) is 12.5. The van der Waals surface area contributed by atoms with E-state index in [0.717, 1.165) is 12.8 Å². The van der Waals surface area contributed by atoms with Gasteiger partial charge in [-0.15, -0.1) is 0 Å². The van der Waals surface area contributed by atoms with E-state index in [0.29, 0.717) is 206 Å². The lowest BCUT2D eigenvalue weighted by molar-refractivity contribution is -0.119. The summed E-state index contributed by atoms with van der Waals surface area (Å²) in [5.41, 5.74) is 0. The van der Waals surface area contributed by atoms with Crippen molar-refractivity contribution in [3.63, 3.8) is 0 Å². The standard InChI is InChI=1S/C33H72N2O11Si3.C22H52N2O10Si3/c1-10-38-47(39-11-2,40-12-3)29-20-19-24-32(36)25-21-27-35(28-23-31-49(44-16-7,45-17-8)46-18-9)33(37)34-26-22-30-48(41-13-4,42-14-5)43-15-6;1-10-32-37(33-11-2,34-12-3)19-13-16-23-22(25)24(17-14-20-35(26-4,27-5)28-6)18-15-21-36(29-7,30-8)31-9/h10-31H2,1-9H3,(H,34,37);10-21H2,1-9H3,(H,23,25). The van der Waals surface area contributed by atoms with Crippen LogP contribution in [0.4, 0.5) is 9.59 Å². The van der Waals surface area contributed by atoms with E-state index in [1.807, 2.05) is 83.1 Å². The highest BCUT2D eigenvalue weighted by molar-refractivity contribution is 6.62. The molecule has 0 atom stereocenters. The van der Waals surface area contributed by atoms with Gasteiger partial charge < -0.3 is 100 Å². The Labute approximate surface area is 527 Å². The summed E-state index contributed by atoms with van der Waals surface area (Å²) in [6.45, 7) is 32.4. The van der Waals surface area contributed by atoms with Crippen LogP contribution in [0.2, 0.25) is 36.3 Å². The lowest BCUT2D eigenvalue weighted by Gasteiger charge is -2.30. The predicted molar refractivity (Wildman–Crippen MR) is 346 cm³/mol. The summed E-state index contributed by atoms with van der Waals surface area (Å²) in [5, 5.41) is 6.11. The number of nitrogens with zero attached hydrogens (tertiary/aromatic N) is 2. The van der Waals surface area contributed by atoms with Gasteiger partial charge in [-0.1, -0.05) is 0 Å². The molecule has 0 heterocycles. The molecule has 0 radical (unpaired) electrons. The summed E-state index contributed by atoms with van der Waals surface area (Å²) >= 11 is 0. The molecule has 0 fully saturated rings. The van der Waals surface area contributed by atoms with Crippen molar-refractivity contribution < 1.29 is 94.1 Å². The average Bonchev–Trinajstić information content (AvgIpc) is 3.69. The number of amides is 4. The second-order valence-electron chi connectivity index (χ2n) is 19.3. The second-order valence-corrected chi connectivity index (χ2v) is 36.4. The molecule has 0 aliphatic heterocycles. The van der Waals surface area contributed by atoms with Crippen LogP contribution in [0.5, 0.6) is 0 Å². The van der Waals surface area contributed by atoms with E-state index in [1.165, 1.54) is 0 Å². The van der Waals surface area contributed by atoms with Crippen LogP contribution in [0, 0.1) is 0 Å². The van der Waals surface area contributed by atoms with Crippen LogP contribution >= 0.6 is 0 Å². The third kappa shape index (κ3) is 36.1. The molecule has 0 bridgehead atoms. The Morgan fingerprint density at radius 3 is 0.733 bits per heavy atom. The molecule has 4 amide bonds. The van der Waals surface area contributed by atoms with Crippen LogP contribution in [0.1, 0.15) is 147 Å². The highest BCUT2D eigenvalue weighted by Crippen LogP contribution is 2.24. The Morgan fingerprint density at radius 1 is 0.279 bits per heavy atom. The summed E-state index contributed by atoms with van der Waals surface area (Å²) in [6.07, 6.45) is 6.39. The fraction of sp³-hybridized carbons (Fsp3) is 0.945. The molecule has 0 aromatic rings. The fourth-order valence-corrected chi connectivity index (χ4v) is 23.6. The number of Topliss-reactive ketones (excluding diaryl/α,β-unsaturated/α-hetero) is 1. The maximum Gasteiger partial charge on any atom is 0.500 e. The Kier molecular flexibility index (Phi) is 53.8. The molecule has 0 saturated heterocycles. The molecule has 0 unspecified atom stereocenters. The van der Waals surface area contributed by atoms with Gasteiger partial charge >= 0.3 is 64.9 Å². The average molecular weight is 1350 g/mol. The number of rotatable bonds is 59. The van der Waals surface area contributed by atoms with Crippen LogP contribution in [-0.4, -0.2) is 242 Å². The molecule has 0 aromatic carbocycles. The Morgan fingerprint density at radius 2 is 0.488 bits per heavy atom. The van der Waals surface area contributed by atoms with E-state index in [4.69, 9.17) is 79.7 Å². The number of carbonyl (C=O) groups is 3. The molecule has 86 heavy (non-hydrogen) atoms. The van der Waals surface area contributed by atoms with Crippen molar-refractivity contribution in [1.29, 1.82) is 0 Å². The van der Waals surface area contributed by atoms with E-state index in [2.05, 4.69) is 10.6 Å². The summed E-state index contributed by atoms with van der Waals surface area (Å²) in [7, 11) is -7.00. The van der Waals surface area contributed by atoms with Crippen LogP contribution < -0.4 is 10.6 Å². The monoisotopic (exact) mass is 1340 g/mol. The molecule has 31 heteroatoms. The van der Waals surface area contributed by atoms with Crippen LogP contribution in [0.15, 0.2) is 0 Å². The Bertz CT molecular complexity index is 1530. The zero-order valence-electron chi connectivity index (χ0n) is 57.0. The summed E-state index contributed by atoms with van der Waals surface area (Å²) < 4.78 is 105. The number of urea groups is 2. The summed E-state index contributed by atoms with van der Waals surface area (Å²) in [4.78, 5) is 43.0. The molecule has 0 aromatic heterocycles. The minimum absolute atomic E-state index is 0.143. The van der Waals surface area contributed by atoms with Crippen LogP contribution in [-0.2, 0) is 84.5 Å². The van der Waals surface area contributed by atoms with Gasteiger partial charge in [0.2, 0.25) is 0 Å². The van der Waals surface area contributed by atoms with Gasteiger partial charge in [0.05, 0.1) is 0 Å². The molecule has 0 rings (SSSR count). The first-order valence-electron chi connectivity index (χ1n) is 31.9. The van der Waals surface area contributed by atoms with Crippen molar-refractivity contribution >= 4 is 70.7 Å². The highest BCUT2D eigenvalue weighted by atomic mass is 28.4. The zero-order chi connectivity index (χ0) is 65.1. The quantitative estimate of drug-likeness (QED) is 0.0425. The fourth-order valence-electron chi connectivity index (χ4n) is 9.69. The van der Waals surface area contributed by atoms with E-state index < -0.39 is 52.8 Å². The molecule has 2 N–H and O–H groups in total. The number of unbranched alkanes of at least 4 members (excludes halogenated alkanes) is 1. The molecule has 0 saturated carbocycles. The molecular weight excluding hydrogens is 1220 g/mol. The summed E-state index contributed by atoms with van der Waals surface area (Å²) in [6, 6.07) is 3.44. The van der Waals surface area contributed by atoms with E-state index in [9.17, 15) is 14.4 Å². The van der Waals surface area contributed by atoms with Crippen LogP contribution in [0.3, 0.4) is 0 Å². The lowest BCUT2D eigenvalue weighted by Crippen LogP contribution is -2.48. The molecule has 0 aliphatic carbocycles. The first kappa shape index (κ1) is 86.9. The van der Waals surface area contributed by atoms with Crippen molar-refractivity contribution in [2.24, 2.45) is 0 Å². The van der Waals surface area contributed by atoms with Crippen molar-refractivity contribution in [2.75, 3.05) is 161 Å². The number of nitrogens with one attached hydrogen (secondary N) is 2. The van der Waals surface area contributed by atoms with Gasteiger partial charge in [-0.05, 0) is 134 Å². The van der Waals surface area contributed by atoms with Crippen molar-refractivity contribution in [3.05, 3.63) is 0 Å². The SMILES string of the molecule is CCO[Si](CCCCC(=O)CCCN(CCC[Si](OCC)(OCC)OCC)C(=O)NCCC[Si](OCC)(OCC)OCC)(OCC)OCC.CCO[Si](CCCNC(=O)N(CCC[Si](OC)(OC)OC)CCC[Si](OC)(OC)OC)(OCC)OCC. The topological polar surface area (TPSA) is 248 Å². The van der Waals surface area contributed by atoms with Crippen LogP contribution in [0.25, 0.3) is 0 Å². The van der Waals surface area contributed by atoms with Gasteiger partial charge in [0.1, 0.15) is 5.78 Å². The molecule has 25 nitrogen and oxygen atoms in total. The van der Waals surface area contributed by atoms with E-state index in [1.54, 1.807) is 52.5 Å². The third-order valence-corrected chi connectivity index (χ3v) is 31.8. The first-order valence-corrected chi connectivity index (χ1v) is 43.5. The van der Waals surface area contributed by atoms with Crippen molar-refractivity contribution in [1.82, 2.24) is 20.4 Å². The predicted octanol–water partition coefficient (Wildman–Crippen LogP) is 9.42. The Balaban J connectivity index is 0. The lowest BCUT2D eigenvalue weighted by atomic mass is 10.1. The number of hydrogen-bond acceptors (Lipinski definition) is 21. The number of carbonyl (C=O) groups excluding carboxylic acids is 3. The Hall–Kier alpha value is -1.21. The van der Waals surface area contributed by atoms with Gasteiger partial charge in [0, 0.05) is 210 Å². The molecule has 0 spiro atoms. The first-order chi connectivity index (χ1) is 41.4. The highest BCUT2D eigenvalue weighted by Gasteiger charge is 2.44. The summed E-state index contributed by atoms with van der Waals surface area (Å²) in [5.74, 6) is 0.191. The molecule has 514 valence electrons. The molecule has 0 aliphatic rings. The maximum atomic E-state index is 13.5. The van der Waals surface area contributed by atoms with Gasteiger partial charge in [-0.3, -0.25) is 4.79 Å². The van der Waals surface area contributed by atoms with Gasteiger partial charge in [-0.25, -0.2) is 9.59 Å². The maximum absolute atomic E-state index is 13.5. The molecular formula is C55H124N4O21Si6. The zero-order valence-corrected chi connectivity index (χ0v) is 63.0. The smallest absolute Gasteiger partial charge is 0.377 e. The minimum Gasteiger partial charge on any atom is -0.377 e. The van der Waals surface area contributed by atoms with Crippen molar-refractivity contribution in [2.45, 2.75) is 184 Å². The van der Waals surface area contributed by atoms with E-state index in [-0.39, 0.29) is 17.8 Å². The largest absolute Gasteiger partial charge is 0.500 e. The van der Waals surface area contributed by atoms with E-state index >= 15 is 0 Å². The number of hydrogen-bond donors (Lipinski definition) is 2.